The van der Waals surface area contributed by atoms with E-state index < -0.39 is 11.0 Å². The lowest BCUT2D eigenvalue weighted by Gasteiger charge is -2.29. The monoisotopic (exact) mass is 258 g/mol. The molecule has 0 radical (unpaired) electrons. The molecule has 12 heavy (non-hydrogen) atoms. The van der Waals surface area contributed by atoms with Crippen molar-refractivity contribution in [1.29, 1.82) is 0 Å². The van der Waals surface area contributed by atoms with Crippen LogP contribution in [0, 0.1) is 0 Å². The summed E-state index contributed by atoms with van der Waals surface area (Å²) < 4.78 is -0.363. The molecule has 0 heterocycles. The third-order valence-corrected chi connectivity index (χ3v) is 2.54. The van der Waals surface area contributed by atoms with Crippen molar-refractivity contribution in [3.63, 3.8) is 0 Å². The number of hydrogen-bond donors (Lipinski definition) is 2. The van der Waals surface area contributed by atoms with E-state index in [-0.39, 0.29) is 10.9 Å². The molecule has 0 rings (SSSR count). The summed E-state index contributed by atoms with van der Waals surface area (Å²) >= 11 is 9.23. The highest BCUT2D eigenvalue weighted by molar-refractivity contribution is 9.10. The molecule has 2 atom stereocenters. The lowest BCUT2D eigenvalue weighted by molar-refractivity contribution is 0.108. The first kappa shape index (κ1) is 12.7. The van der Waals surface area contributed by atoms with Gasteiger partial charge in [-0.25, -0.2) is 0 Å². The van der Waals surface area contributed by atoms with Gasteiger partial charge in [0, 0.05) is 4.32 Å². The first-order chi connectivity index (χ1) is 5.19. The fourth-order valence-corrected chi connectivity index (χ4v) is 1.02. The molecular weight excluding hydrogens is 243 g/mol. The second-order valence-electron chi connectivity index (χ2n) is 3.86. The van der Waals surface area contributed by atoms with Crippen LogP contribution in [0.5, 0.6) is 0 Å². The van der Waals surface area contributed by atoms with Gasteiger partial charge in [-0.2, -0.15) is 0 Å². The molecule has 0 aliphatic rings. The zero-order chi connectivity index (χ0) is 9.99. The third-order valence-electron chi connectivity index (χ3n) is 1.74. The average Bonchev–Trinajstić information content (AvgIpc) is 1.85. The Morgan fingerprint density at radius 3 is 2.08 bits per heavy atom. The maximum Gasteiger partial charge on any atom is 0.0705 e. The highest BCUT2D eigenvalue weighted by Crippen LogP contribution is 2.29. The molecule has 0 aromatic carbocycles. The molecular formula is C8H16BrClO2. The summed E-state index contributed by atoms with van der Waals surface area (Å²) in [5, 5.41) is 18.5. The van der Waals surface area contributed by atoms with Crippen LogP contribution in [0.3, 0.4) is 0 Å². The molecule has 0 bridgehead atoms. The van der Waals surface area contributed by atoms with E-state index >= 15 is 0 Å². The van der Waals surface area contributed by atoms with E-state index in [0.29, 0.717) is 6.42 Å². The summed E-state index contributed by atoms with van der Waals surface area (Å²) in [6.45, 7) is 5.30. The number of rotatable bonds is 4. The molecule has 2 N–H and O–H groups in total. The van der Waals surface area contributed by atoms with Crippen molar-refractivity contribution in [2.75, 3.05) is 6.61 Å². The Balaban J connectivity index is 4.09. The van der Waals surface area contributed by atoms with Gasteiger partial charge >= 0.3 is 0 Å². The van der Waals surface area contributed by atoms with Gasteiger partial charge in [0.15, 0.2) is 0 Å². The maximum absolute atomic E-state index is 9.61. The van der Waals surface area contributed by atoms with Crippen LogP contribution < -0.4 is 0 Å². The Kier molecular flexibility index (Phi) is 4.51. The summed E-state index contributed by atoms with van der Waals surface area (Å²) in [6.07, 6.45) is -0.198. The molecule has 74 valence electrons. The van der Waals surface area contributed by atoms with Crippen molar-refractivity contribution in [2.45, 2.75) is 42.5 Å². The molecule has 0 saturated carbocycles. The lowest BCUT2D eigenvalue weighted by atomic mass is 9.96. The molecule has 0 spiro atoms. The van der Waals surface area contributed by atoms with Crippen LogP contribution in [-0.4, -0.2) is 32.1 Å². The molecule has 0 fully saturated rings. The Morgan fingerprint density at radius 2 is 1.83 bits per heavy atom. The van der Waals surface area contributed by atoms with Gasteiger partial charge in [0.2, 0.25) is 0 Å². The average molecular weight is 260 g/mol. The van der Waals surface area contributed by atoms with E-state index in [1.165, 1.54) is 0 Å². The summed E-state index contributed by atoms with van der Waals surface area (Å²) in [7, 11) is 0. The van der Waals surface area contributed by atoms with Crippen molar-refractivity contribution in [3.8, 4) is 0 Å². The summed E-state index contributed by atoms with van der Waals surface area (Å²) in [5.74, 6) is 0. The van der Waals surface area contributed by atoms with Crippen molar-refractivity contribution < 1.29 is 10.2 Å². The van der Waals surface area contributed by atoms with Gasteiger partial charge in [0.25, 0.3) is 0 Å². The van der Waals surface area contributed by atoms with Gasteiger partial charge in [-0.05, 0) is 27.2 Å². The van der Waals surface area contributed by atoms with E-state index in [9.17, 15) is 5.11 Å². The molecule has 0 aromatic rings. The van der Waals surface area contributed by atoms with E-state index in [0.717, 1.165) is 0 Å². The largest absolute Gasteiger partial charge is 0.395 e. The normalized spacial score (nSPS) is 20.2. The fraction of sp³-hybridized carbons (Fsp3) is 1.00. The van der Waals surface area contributed by atoms with Crippen molar-refractivity contribution in [3.05, 3.63) is 0 Å². The smallest absolute Gasteiger partial charge is 0.0705 e. The lowest BCUT2D eigenvalue weighted by Crippen LogP contribution is -2.37. The van der Waals surface area contributed by atoms with Crippen LogP contribution in [0.1, 0.15) is 27.2 Å². The van der Waals surface area contributed by atoms with Gasteiger partial charge in [-0.15, -0.1) is 11.6 Å². The summed E-state index contributed by atoms with van der Waals surface area (Å²) in [5.41, 5.74) is 0. The second kappa shape index (κ2) is 4.27. The number of halogens is 2. The number of alkyl halides is 2. The van der Waals surface area contributed by atoms with Crippen LogP contribution in [0.4, 0.5) is 0 Å². The molecule has 0 aliphatic carbocycles. The minimum Gasteiger partial charge on any atom is -0.395 e. The Labute approximate surface area is 87.1 Å². The number of aliphatic hydroxyl groups excluding tert-OH is 2. The van der Waals surface area contributed by atoms with Crippen molar-refractivity contribution in [2.24, 2.45) is 0 Å². The summed E-state index contributed by atoms with van der Waals surface area (Å²) in [6, 6.07) is 0. The molecule has 0 aliphatic heterocycles. The quantitative estimate of drug-likeness (QED) is 0.757. The number of aliphatic hydroxyl groups is 2. The van der Waals surface area contributed by atoms with Crippen LogP contribution in [-0.2, 0) is 0 Å². The first-order valence-corrected chi connectivity index (χ1v) is 5.03. The maximum atomic E-state index is 9.61. The Hall–Kier alpha value is 0.690. The van der Waals surface area contributed by atoms with Gasteiger partial charge in [-0.3, -0.25) is 0 Å². The third kappa shape index (κ3) is 4.65. The van der Waals surface area contributed by atoms with E-state index in [1.807, 2.05) is 13.8 Å². The van der Waals surface area contributed by atoms with Crippen LogP contribution in [0.2, 0.25) is 0 Å². The second-order valence-corrected chi connectivity index (χ2v) is 6.81. The zero-order valence-corrected chi connectivity index (χ0v) is 9.98. The molecule has 2 nitrogen and oxygen atoms in total. The summed E-state index contributed by atoms with van der Waals surface area (Å²) in [4.78, 5) is -0.732. The Bertz CT molecular complexity index is 142. The molecule has 2 unspecified atom stereocenters. The highest BCUT2D eigenvalue weighted by Gasteiger charge is 2.31. The van der Waals surface area contributed by atoms with E-state index in [4.69, 9.17) is 16.7 Å². The minimum absolute atomic E-state index is 0.130. The highest BCUT2D eigenvalue weighted by atomic mass is 79.9. The van der Waals surface area contributed by atoms with E-state index in [1.54, 1.807) is 6.92 Å². The predicted molar refractivity (Wildman–Crippen MR) is 55.0 cm³/mol. The molecule has 4 heteroatoms. The van der Waals surface area contributed by atoms with Crippen molar-refractivity contribution >= 4 is 27.5 Å². The van der Waals surface area contributed by atoms with Gasteiger partial charge < -0.3 is 10.2 Å². The van der Waals surface area contributed by atoms with Crippen LogP contribution >= 0.6 is 27.5 Å². The van der Waals surface area contributed by atoms with Crippen LogP contribution in [0.25, 0.3) is 0 Å². The zero-order valence-electron chi connectivity index (χ0n) is 7.64. The standard InChI is InChI=1S/C8H16BrClO2/c1-7(2,9)6(12)4-8(3,10)5-11/h6,11-12H,4-5H2,1-3H3. The van der Waals surface area contributed by atoms with Gasteiger partial charge in [0.1, 0.15) is 0 Å². The topological polar surface area (TPSA) is 40.5 Å². The Morgan fingerprint density at radius 1 is 1.42 bits per heavy atom. The molecule has 0 saturated heterocycles. The van der Waals surface area contributed by atoms with Crippen molar-refractivity contribution in [1.82, 2.24) is 0 Å². The predicted octanol–water partition coefficient (Wildman–Crippen LogP) is 1.90. The minimum atomic E-state index is -0.732. The van der Waals surface area contributed by atoms with E-state index in [2.05, 4.69) is 15.9 Å². The molecule has 0 amide bonds. The first-order valence-electron chi connectivity index (χ1n) is 3.86. The SMILES string of the molecule is CC(Cl)(CO)CC(O)C(C)(C)Br. The van der Waals surface area contributed by atoms with Gasteiger partial charge in [0.05, 0.1) is 17.6 Å². The fourth-order valence-electron chi connectivity index (χ4n) is 0.710. The molecule has 0 aromatic heterocycles. The number of hydrogen-bond acceptors (Lipinski definition) is 2. The van der Waals surface area contributed by atoms with Gasteiger partial charge in [-0.1, -0.05) is 15.9 Å². The van der Waals surface area contributed by atoms with Crippen LogP contribution in [0.15, 0.2) is 0 Å².